The fourth-order valence-corrected chi connectivity index (χ4v) is 12.3. The van der Waals surface area contributed by atoms with E-state index in [4.69, 9.17) is 37.0 Å². The summed E-state index contributed by atoms with van der Waals surface area (Å²) in [5.41, 5.74) is 0. The maximum absolute atomic E-state index is 13.1. The van der Waals surface area contributed by atoms with Gasteiger partial charge in [0.15, 0.2) is 12.2 Å². The summed E-state index contributed by atoms with van der Waals surface area (Å²) in [5.74, 6) is -2.30. The van der Waals surface area contributed by atoms with Crippen LogP contribution in [0.4, 0.5) is 0 Å². The van der Waals surface area contributed by atoms with Gasteiger partial charge >= 0.3 is 39.5 Å². The molecule has 0 aliphatic rings. The highest BCUT2D eigenvalue weighted by Gasteiger charge is 2.30. The average Bonchev–Trinajstić information content (AvgIpc) is 0.918. The van der Waals surface area contributed by atoms with Crippen molar-refractivity contribution in [2.45, 2.75) is 354 Å². The molecule has 0 amide bonds. The third-order valence-corrected chi connectivity index (χ3v) is 18.8. The SMILES string of the molecule is CC/C=C\C/C=C\C/C=C\C/C=C\C/C=C\C/C=C\CCC(=O)OC[C@H](COP(=O)(O)OC[C@H](O)COP(=O)(O)OC[C@@H](COC(=O)CCCCCCC/C=C\CCCCCCCC)OC(=O)CCCCCCC/C=C\CCCCCCCC)OC(=O)CCCCCCC/C=C\C/C=C\CCCCC. The van der Waals surface area contributed by atoms with Crippen LogP contribution in [-0.4, -0.2) is 96.7 Å². The molecule has 0 spiro atoms. The topological polar surface area (TPSA) is 237 Å². The van der Waals surface area contributed by atoms with E-state index in [1.54, 1.807) is 0 Å². The number of phosphoric ester groups is 2. The smallest absolute Gasteiger partial charge is 0.462 e. The Kier molecular flexibility index (Phi) is 73.3. The van der Waals surface area contributed by atoms with Gasteiger partial charge in [-0.1, -0.05) is 284 Å². The second-order valence-electron chi connectivity index (χ2n) is 27.0. The Morgan fingerprint density at radius 1 is 0.279 bits per heavy atom. The van der Waals surface area contributed by atoms with Gasteiger partial charge in [0.25, 0.3) is 0 Å². The van der Waals surface area contributed by atoms with Gasteiger partial charge in [0.2, 0.25) is 0 Å². The summed E-state index contributed by atoms with van der Waals surface area (Å²) in [6.07, 6.45) is 84.7. The van der Waals surface area contributed by atoms with Gasteiger partial charge in [0, 0.05) is 25.7 Å². The van der Waals surface area contributed by atoms with Gasteiger partial charge < -0.3 is 33.8 Å². The van der Waals surface area contributed by atoms with Gasteiger partial charge in [0.1, 0.15) is 19.3 Å². The van der Waals surface area contributed by atoms with E-state index in [1.165, 1.54) is 96.3 Å². The molecule has 19 heteroatoms. The molecule has 0 aliphatic carbocycles. The number of ether oxygens (including phenoxy) is 4. The minimum atomic E-state index is -5.00. The van der Waals surface area contributed by atoms with E-state index in [9.17, 15) is 43.2 Å². The predicted molar refractivity (Wildman–Crippen MR) is 427 cm³/mol. The molecule has 0 radical (unpaired) electrons. The summed E-state index contributed by atoms with van der Waals surface area (Å²) in [6, 6.07) is 0. The van der Waals surface area contributed by atoms with Crippen molar-refractivity contribution in [3.05, 3.63) is 122 Å². The van der Waals surface area contributed by atoms with E-state index < -0.39 is 97.5 Å². The largest absolute Gasteiger partial charge is 0.472 e. The zero-order valence-corrected chi connectivity index (χ0v) is 67.2. The van der Waals surface area contributed by atoms with Crippen LogP contribution >= 0.6 is 15.6 Å². The molecule has 0 aromatic heterocycles. The van der Waals surface area contributed by atoms with E-state index in [0.29, 0.717) is 32.1 Å². The van der Waals surface area contributed by atoms with Crippen LogP contribution in [-0.2, 0) is 65.4 Å². The van der Waals surface area contributed by atoms with Crippen LogP contribution in [0.3, 0.4) is 0 Å². The Hall–Kier alpha value is -4.54. The van der Waals surface area contributed by atoms with Gasteiger partial charge in [-0.15, -0.1) is 0 Å². The number of carbonyl (C=O) groups is 4. The first-order chi connectivity index (χ1) is 50.7. The number of phosphoric acid groups is 2. The van der Waals surface area contributed by atoms with Crippen LogP contribution in [0.25, 0.3) is 0 Å². The summed E-state index contributed by atoms with van der Waals surface area (Å²) in [6.45, 7) is 4.63. The molecule has 0 saturated carbocycles. The summed E-state index contributed by atoms with van der Waals surface area (Å²) in [4.78, 5) is 73.0. The molecule has 17 nitrogen and oxygen atoms in total. The molecule has 0 aromatic carbocycles. The molecule has 5 atom stereocenters. The molecule has 3 N–H and O–H groups in total. The Morgan fingerprint density at radius 3 is 0.856 bits per heavy atom. The summed E-state index contributed by atoms with van der Waals surface area (Å²) < 4.78 is 68.6. The molecule has 0 fully saturated rings. The van der Waals surface area contributed by atoms with Crippen LogP contribution < -0.4 is 0 Å². The monoisotopic (exact) mass is 1500 g/mol. The Labute approximate surface area is 632 Å². The zero-order chi connectivity index (χ0) is 76.0. The van der Waals surface area contributed by atoms with Crippen molar-refractivity contribution in [3.63, 3.8) is 0 Å². The lowest BCUT2D eigenvalue weighted by molar-refractivity contribution is -0.161. The number of hydrogen-bond acceptors (Lipinski definition) is 15. The van der Waals surface area contributed by atoms with Crippen LogP contribution in [0.1, 0.15) is 336 Å². The average molecular weight is 1500 g/mol. The lowest BCUT2D eigenvalue weighted by Crippen LogP contribution is -2.30. The first-order valence-corrected chi connectivity index (χ1v) is 43.8. The van der Waals surface area contributed by atoms with E-state index in [1.807, 2.05) is 18.2 Å². The maximum atomic E-state index is 13.1. The van der Waals surface area contributed by atoms with Gasteiger partial charge in [-0.05, 0) is 148 Å². The van der Waals surface area contributed by atoms with E-state index in [-0.39, 0.29) is 25.7 Å². The van der Waals surface area contributed by atoms with Crippen LogP contribution in [0.5, 0.6) is 0 Å². The van der Waals surface area contributed by atoms with Crippen LogP contribution in [0.15, 0.2) is 122 Å². The molecule has 0 aliphatic heterocycles. The van der Waals surface area contributed by atoms with Crippen molar-refractivity contribution in [2.24, 2.45) is 0 Å². The van der Waals surface area contributed by atoms with Gasteiger partial charge in [-0.2, -0.15) is 0 Å². The fourth-order valence-electron chi connectivity index (χ4n) is 10.7. The second-order valence-corrected chi connectivity index (χ2v) is 29.9. The van der Waals surface area contributed by atoms with Gasteiger partial charge in [-0.25, -0.2) is 9.13 Å². The quantitative estimate of drug-likeness (QED) is 0.0169. The lowest BCUT2D eigenvalue weighted by atomic mass is 10.1. The highest BCUT2D eigenvalue weighted by Crippen LogP contribution is 2.45. The lowest BCUT2D eigenvalue weighted by Gasteiger charge is -2.21. The Balaban J connectivity index is 5.44. The third kappa shape index (κ3) is 75.7. The number of hydrogen-bond donors (Lipinski definition) is 3. The number of esters is 4. The van der Waals surface area contributed by atoms with Gasteiger partial charge in [0.05, 0.1) is 26.4 Å². The van der Waals surface area contributed by atoms with Crippen molar-refractivity contribution < 1.29 is 80.2 Å². The number of aliphatic hydroxyl groups excluding tert-OH is 1. The van der Waals surface area contributed by atoms with Gasteiger partial charge in [-0.3, -0.25) is 37.3 Å². The number of aliphatic hydroxyl groups is 1. The highest BCUT2D eigenvalue weighted by molar-refractivity contribution is 7.47. The molecule has 0 heterocycles. The highest BCUT2D eigenvalue weighted by atomic mass is 31.2. The number of allylic oxidation sites excluding steroid dienone is 20. The molecule has 0 bridgehead atoms. The minimum absolute atomic E-state index is 0.0309. The molecule has 104 heavy (non-hydrogen) atoms. The molecule has 0 aromatic rings. The van der Waals surface area contributed by atoms with Crippen molar-refractivity contribution in [1.82, 2.24) is 0 Å². The van der Waals surface area contributed by atoms with Crippen molar-refractivity contribution in [3.8, 4) is 0 Å². The third-order valence-electron chi connectivity index (χ3n) is 16.9. The number of unbranched alkanes of at least 4 members (excludes halogenated alkanes) is 30. The molecule has 0 saturated heterocycles. The molecular weight excluding hydrogens is 1350 g/mol. The minimum Gasteiger partial charge on any atom is -0.462 e. The summed E-state index contributed by atoms with van der Waals surface area (Å²) >= 11 is 0. The molecule has 598 valence electrons. The molecule has 0 rings (SSSR count). The molecular formula is C85H146O17P2. The maximum Gasteiger partial charge on any atom is 0.472 e. The normalized spacial score (nSPS) is 14.5. The first kappa shape index (κ1) is 99.5. The first-order valence-electron chi connectivity index (χ1n) is 40.8. The number of rotatable bonds is 76. The van der Waals surface area contributed by atoms with Crippen LogP contribution in [0.2, 0.25) is 0 Å². The summed E-state index contributed by atoms with van der Waals surface area (Å²) in [5, 5.41) is 10.6. The second kappa shape index (κ2) is 76.6. The number of carbonyl (C=O) groups excluding carboxylic acids is 4. The van der Waals surface area contributed by atoms with E-state index in [0.717, 1.165) is 154 Å². The Bertz CT molecular complexity index is 2440. The Morgan fingerprint density at radius 2 is 0.519 bits per heavy atom. The summed E-state index contributed by atoms with van der Waals surface area (Å²) in [7, 11) is -9.99. The van der Waals surface area contributed by atoms with Crippen molar-refractivity contribution in [1.29, 1.82) is 0 Å². The van der Waals surface area contributed by atoms with Crippen molar-refractivity contribution in [2.75, 3.05) is 39.6 Å². The molecule has 2 unspecified atom stereocenters. The fraction of sp³-hybridized carbons (Fsp3) is 0.718. The van der Waals surface area contributed by atoms with E-state index in [2.05, 4.69) is 131 Å². The zero-order valence-electron chi connectivity index (χ0n) is 65.4. The predicted octanol–water partition coefficient (Wildman–Crippen LogP) is 23.9. The standard InChI is InChI=1S/C85H146O17P2/c1-5-9-13-17-21-25-29-33-37-38-39-40-44-46-50-54-58-62-66-70-83(88)96-76-81(102-85(90)72-68-64-60-56-52-48-43-36-32-28-24-20-16-12-8-4)78-100-104(93,94)98-74-79(86)73-97-103(91,92)99-77-80(101-84(89)71-67-63-59-55-51-47-42-35-31-27-23-19-15-11-7-3)75-95-82(87)69-65-61-57-53-49-45-41-34-30-26-22-18-14-10-6-2/h9,13,21,24-25,28,33-37,39-43,46,50,58,62,79-81,86H,5-8,10-12,14-20,22-23,26-27,29-32,38,44-45,47-49,51-57,59-61,63-78H2,1-4H3,(H,91,92)(H,93,94)/b13-9-,25-21-,28-24-,37-33-,40-39-,41-34-,42-35-,43-36-,50-46-,62-58-/t79-,80-,81-/m1/s1. The van der Waals surface area contributed by atoms with E-state index >= 15 is 0 Å². The van der Waals surface area contributed by atoms with Crippen LogP contribution in [0, 0.1) is 0 Å². The van der Waals surface area contributed by atoms with Crippen molar-refractivity contribution >= 4 is 39.5 Å².